The summed E-state index contributed by atoms with van der Waals surface area (Å²) in [6, 6.07) is -2.53. The molecule has 1 aliphatic heterocycles. The number of urea groups is 1. The molecule has 32 heavy (non-hydrogen) atoms. The average molecular weight is 457 g/mol. The van der Waals surface area contributed by atoms with Crippen molar-refractivity contribution in [2.75, 3.05) is 23.3 Å². The number of alkyl halides is 3. The molecule has 0 bridgehead atoms. The van der Waals surface area contributed by atoms with Gasteiger partial charge in [-0.05, 0) is 13.0 Å². The van der Waals surface area contributed by atoms with Gasteiger partial charge in [-0.3, -0.25) is 0 Å². The van der Waals surface area contributed by atoms with Crippen LogP contribution in [0.2, 0.25) is 0 Å². The Labute approximate surface area is 177 Å². The summed E-state index contributed by atoms with van der Waals surface area (Å²) in [5.41, 5.74) is -0.691. The first-order valence-electron chi connectivity index (χ1n) is 9.30. The fraction of sp³-hybridized carbons (Fsp3) is 0.316. The van der Waals surface area contributed by atoms with E-state index in [4.69, 9.17) is 4.42 Å². The molecule has 1 saturated heterocycles. The predicted molar refractivity (Wildman–Crippen MR) is 102 cm³/mol. The van der Waals surface area contributed by atoms with E-state index in [2.05, 4.69) is 15.3 Å². The van der Waals surface area contributed by atoms with Gasteiger partial charge in [-0.2, -0.15) is 13.2 Å². The van der Waals surface area contributed by atoms with Crippen molar-refractivity contribution in [3.63, 3.8) is 0 Å². The molecule has 0 spiro atoms. The molecule has 1 unspecified atom stereocenters. The summed E-state index contributed by atoms with van der Waals surface area (Å²) >= 11 is 0. The van der Waals surface area contributed by atoms with Crippen LogP contribution in [0.5, 0.6) is 0 Å². The van der Waals surface area contributed by atoms with Crippen molar-refractivity contribution in [1.29, 1.82) is 0 Å². The summed E-state index contributed by atoms with van der Waals surface area (Å²) in [6.45, 7) is 1.90. The van der Waals surface area contributed by atoms with Gasteiger partial charge in [-0.25, -0.2) is 23.5 Å². The van der Waals surface area contributed by atoms with Crippen LogP contribution in [0.15, 0.2) is 28.9 Å². The lowest BCUT2D eigenvalue weighted by Crippen LogP contribution is -2.51. The van der Waals surface area contributed by atoms with Crippen molar-refractivity contribution < 1.29 is 36.3 Å². The minimum atomic E-state index is -5.00. The fourth-order valence-corrected chi connectivity index (χ4v) is 3.30. The van der Waals surface area contributed by atoms with E-state index in [9.17, 15) is 31.9 Å². The molecule has 0 radical (unpaired) electrons. The first-order valence-corrected chi connectivity index (χ1v) is 9.30. The molecule has 3 N–H and O–H groups in total. The lowest BCUT2D eigenvalue weighted by atomic mass is 10.1. The standard InChI is InChI=1S/C19H16F5N5O3/c1-8-12-2-9(20)3-13(21)15(12)32-14(8)16(19(22,23)24)28-18(31)27-10-4-25-17(26-5-10)29-6-11(30)7-29/h2-5,11,16,30H,6-7H2,1H3,(H2,27,28,31). The van der Waals surface area contributed by atoms with Gasteiger partial charge >= 0.3 is 12.2 Å². The molecule has 2 aromatic heterocycles. The van der Waals surface area contributed by atoms with Crippen molar-refractivity contribution in [1.82, 2.24) is 15.3 Å². The number of aromatic nitrogens is 2. The number of halogens is 5. The molecule has 1 atom stereocenters. The quantitative estimate of drug-likeness (QED) is 0.519. The van der Waals surface area contributed by atoms with Gasteiger partial charge in [0.25, 0.3) is 0 Å². The second-order valence-electron chi connectivity index (χ2n) is 7.26. The normalized spacial score (nSPS) is 15.5. The maximum absolute atomic E-state index is 13.9. The van der Waals surface area contributed by atoms with Crippen LogP contribution >= 0.6 is 0 Å². The van der Waals surface area contributed by atoms with Gasteiger partial charge in [0.15, 0.2) is 17.4 Å². The molecule has 1 aromatic carbocycles. The molecular formula is C19H16F5N5O3. The molecule has 2 amide bonds. The number of aliphatic hydroxyl groups is 1. The summed E-state index contributed by atoms with van der Waals surface area (Å²) in [5.74, 6) is -2.61. The number of hydrogen-bond acceptors (Lipinski definition) is 6. The van der Waals surface area contributed by atoms with Gasteiger partial charge in [0, 0.05) is 30.1 Å². The second kappa shape index (κ2) is 7.89. The van der Waals surface area contributed by atoms with E-state index in [0.717, 1.165) is 6.07 Å². The SMILES string of the molecule is Cc1c(C(NC(=O)Nc2cnc(N3CC(O)C3)nc2)C(F)(F)F)oc2c(F)cc(F)cc12. The molecule has 1 aliphatic rings. The molecule has 0 saturated carbocycles. The van der Waals surface area contributed by atoms with Gasteiger partial charge in [0.05, 0.1) is 24.2 Å². The van der Waals surface area contributed by atoms with E-state index in [1.54, 1.807) is 10.2 Å². The number of nitrogens with zero attached hydrogens (tertiary/aromatic N) is 3. The van der Waals surface area contributed by atoms with E-state index in [-0.39, 0.29) is 16.6 Å². The molecular weight excluding hydrogens is 441 g/mol. The monoisotopic (exact) mass is 457 g/mol. The zero-order valence-electron chi connectivity index (χ0n) is 16.4. The Morgan fingerprint density at radius 1 is 1.25 bits per heavy atom. The zero-order chi connectivity index (χ0) is 23.2. The first-order chi connectivity index (χ1) is 15.0. The van der Waals surface area contributed by atoms with Crippen LogP contribution in [0.25, 0.3) is 11.0 Å². The molecule has 1 fully saturated rings. The number of amides is 2. The maximum atomic E-state index is 13.9. The van der Waals surface area contributed by atoms with E-state index < -0.39 is 47.3 Å². The Hall–Kier alpha value is -3.48. The molecule has 13 heteroatoms. The number of furan rings is 1. The van der Waals surface area contributed by atoms with E-state index >= 15 is 0 Å². The topological polar surface area (TPSA) is 104 Å². The predicted octanol–water partition coefficient (Wildman–Crippen LogP) is 3.42. The van der Waals surface area contributed by atoms with Gasteiger partial charge in [0.2, 0.25) is 5.95 Å². The Morgan fingerprint density at radius 3 is 2.50 bits per heavy atom. The van der Waals surface area contributed by atoms with Crippen molar-refractivity contribution in [2.45, 2.75) is 25.2 Å². The number of hydrogen-bond donors (Lipinski definition) is 3. The number of carbonyl (C=O) groups excluding carboxylic acids is 1. The number of rotatable bonds is 4. The van der Waals surface area contributed by atoms with Crippen LogP contribution in [-0.2, 0) is 0 Å². The lowest BCUT2D eigenvalue weighted by molar-refractivity contribution is -0.158. The minimum absolute atomic E-state index is 0.0164. The number of anilines is 2. The number of β-amino-alcohol motifs (C(OH)–C–C–N with tert-alkyl or cyclic N) is 1. The Morgan fingerprint density at radius 2 is 1.91 bits per heavy atom. The van der Waals surface area contributed by atoms with Crippen molar-refractivity contribution in [2.24, 2.45) is 0 Å². The summed E-state index contributed by atoms with van der Waals surface area (Å²) in [5, 5.41) is 13.0. The molecule has 0 aliphatic carbocycles. The van der Waals surface area contributed by atoms with Gasteiger partial charge in [0.1, 0.15) is 11.6 Å². The molecule has 3 aromatic rings. The number of fused-ring (bicyclic) bond motifs is 1. The highest BCUT2D eigenvalue weighted by Gasteiger charge is 2.45. The lowest BCUT2D eigenvalue weighted by Gasteiger charge is -2.35. The van der Waals surface area contributed by atoms with E-state index in [1.165, 1.54) is 19.3 Å². The van der Waals surface area contributed by atoms with Crippen LogP contribution in [0.3, 0.4) is 0 Å². The molecule has 3 heterocycles. The smallest absolute Gasteiger partial charge is 0.416 e. The van der Waals surface area contributed by atoms with Crippen LogP contribution in [0, 0.1) is 18.6 Å². The van der Waals surface area contributed by atoms with Gasteiger partial charge < -0.3 is 25.1 Å². The Balaban J connectivity index is 1.53. The molecule has 8 nitrogen and oxygen atoms in total. The highest BCUT2D eigenvalue weighted by atomic mass is 19.4. The third-order valence-electron chi connectivity index (χ3n) is 4.90. The fourth-order valence-electron chi connectivity index (χ4n) is 3.30. The third-order valence-corrected chi connectivity index (χ3v) is 4.90. The second-order valence-corrected chi connectivity index (χ2v) is 7.26. The number of carbonyl (C=O) groups is 1. The number of aryl methyl sites for hydroxylation is 1. The summed E-state index contributed by atoms with van der Waals surface area (Å²) in [6.07, 6.45) is -3.09. The number of nitrogens with one attached hydrogen (secondary N) is 2. The largest absolute Gasteiger partial charge is 0.455 e. The van der Waals surface area contributed by atoms with E-state index in [1.807, 2.05) is 0 Å². The van der Waals surface area contributed by atoms with Gasteiger partial charge in [-0.15, -0.1) is 0 Å². The third kappa shape index (κ3) is 4.15. The highest BCUT2D eigenvalue weighted by Crippen LogP contribution is 2.39. The number of aliphatic hydroxyl groups excluding tert-OH is 1. The minimum Gasteiger partial charge on any atom is -0.455 e. The zero-order valence-corrected chi connectivity index (χ0v) is 16.4. The van der Waals surface area contributed by atoms with Crippen LogP contribution in [0.4, 0.5) is 38.4 Å². The van der Waals surface area contributed by atoms with Crippen LogP contribution < -0.4 is 15.5 Å². The maximum Gasteiger partial charge on any atom is 0.416 e. The molecule has 170 valence electrons. The Kier molecular flexibility index (Phi) is 5.36. The summed E-state index contributed by atoms with van der Waals surface area (Å²) < 4.78 is 73.5. The highest BCUT2D eigenvalue weighted by molar-refractivity contribution is 5.89. The van der Waals surface area contributed by atoms with Crippen molar-refractivity contribution in [3.8, 4) is 0 Å². The van der Waals surface area contributed by atoms with Crippen molar-refractivity contribution in [3.05, 3.63) is 47.5 Å². The van der Waals surface area contributed by atoms with Crippen LogP contribution in [0.1, 0.15) is 17.4 Å². The molecule has 4 rings (SSSR count). The van der Waals surface area contributed by atoms with Gasteiger partial charge in [-0.1, -0.05) is 0 Å². The van der Waals surface area contributed by atoms with E-state index in [0.29, 0.717) is 25.1 Å². The first kappa shape index (κ1) is 21.7. The van der Waals surface area contributed by atoms with Crippen molar-refractivity contribution >= 4 is 28.6 Å². The summed E-state index contributed by atoms with van der Waals surface area (Å²) in [7, 11) is 0. The van der Waals surface area contributed by atoms with Crippen LogP contribution in [-0.4, -0.2) is 46.5 Å². The Bertz CT molecular complexity index is 1160. The number of benzene rings is 1. The summed E-state index contributed by atoms with van der Waals surface area (Å²) in [4.78, 5) is 21.8. The average Bonchev–Trinajstić information content (AvgIpc) is 3.00.